The average molecular weight is 917 g/mol. The van der Waals surface area contributed by atoms with E-state index in [1.54, 1.807) is 94.3 Å². The topological polar surface area (TPSA) is 214 Å². The maximum Gasteiger partial charge on any atom is 0.573 e. The Morgan fingerprint density at radius 3 is 1.56 bits per heavy atom. The lowest BCUT2D eigenvalue weighted by Gasteiger charge is -2.10. The van der Waals surface area contributed by atoms with Crippen molar-refractivity contribution in [2.45, 2.75) is 6.36 Å². The van der Waals surface area contributed by atoms with Gasteiger partial charge in [-0.1, -0.05) is 23.7 Å². The number of halogens is 4. The van der Waals surface area contributed by atoms with Crippen molar-refractivity contribution < 1.29 is 32.2 Å². The highest BCUT2D eigenvalue weighted by atomic mass is 35.5. The zero-order valence-corrected chi connectivity index (χ0v) is 35.7. The summed E-state index contributed by atoms with van der Waals surface area (Å²) in [6, 6.07) is 23.5. The van der Waals surface area contributed by atoms with Crippen LogP contribution in [-0.4, -0.2) is 71.5 Å². The number of carbonyl (C=O) groups is 1. The second-order valence-electron chi connectivity index (χ2n) is 13.7. The lowest BCUT2D eigenvalue weighted by molar-refractivity contribution is -0.274. The Hall–Kier alpha value is -8.72. The van der Waals surface area contributed by atoms with Crippen molar-refractivity contribution in [1.82, 2.24) is 59.2 Å². The molecular weight excluding hydrogens is 881 g/mol. The molecule has 6 heterocycles. The van der Waals surface area contributed by atoms with Crippen molar-refractivity contribution in [2.24, 2.45) is 21.1 Å². The Morgan fingerprint density at radius 1 is 0.606 bits per heavy atom. The number of nitrogens with one attached hydrogen (secondary N) is 1. The number of aromatic nitrogens is 12. The molecule has 3 aromatic carbocycles. The average Bonchev–Trinajstić information content (AvgIpc) is 4.05. The maximum atomic E-state index is 12.4. The summed E-state index contributed by atoms with van der Waals surface area (Å²) < 4.78 is 57.1. The molecule has 0 bridgehead atoms. The minimum absolute atomic E-state index is 0.160. The predicted octanol–water partition coefficient (Wildman–Crippen LogP) is 8.60. The summed E-state index contributed by atoms with van der Waals surface area (Å²) in [6.07, 6.45) is 10.2. The molecule has 0 saturated carbocycles. The van der Waals surface area contributed by atoms with Gasteiger partial charge in [0.1, 0.15) is 41.4 Å². The quantitative estimate of drug-likeness (QED) is 0.0971. The maximum absolute atomic E-state index is 12.4. The molecule has 1 amide bonds. The van der Waals surface area contributed by atoms with Crippen molar-refractivity contribution in [3.63, 3.8) is 0 Å². The molecule has 0 radical (unpaired) electrons. The number of benzene rings is 3. The van der Waals surface area contributed by atoms with E-state index < -0.39 is 18.0 Å². The number of nitrogen functional groups attached to an aromatic ring is 1. The highest BCUT2D eigenvalue weighted by Gasteiger charge is 2.31. The molecule has 0 atom stereocenters. The van der Waals surface area contributed by atoms with E-state index in [4.69, 9.17) is 26.8 Å². The summed E-state index contributed by atoms with van der Waals surface area (Å²) in [7, 11) is 5.51. The van der Waals surface area contributed by atoms with E-state index in [1.165, 1.54) is 31.1 Å². The van der Waals surface area contributed by atoms with Crippen LogP contribution in [0.15, 0.2) is 147 Å². The molecule has 0 unspecified atom stereocenters. The Bertz CT molecular complexity index is 3050. The normalized spacial score (nSPS) is 10.8. The van der Waals surface area contributed by atoms with E-state index in [2.05, 4.69) is 55.3 Å². The SMILES string of the molecule is Cn1cc(-c2cc(Cl)ncn2)cn1.Cn1cc(-c2cc(Oc3cccc(N)c3)ncn2)cn1.Cn1cc(-c2cc(Oc3cccc(NC(=O)c4ccc(OC(F)(F)F)cc4)c3)ncn2)cn1. The molecule has 0 aliphatic rings. The molecule has 0 aliphatic carbocycles. The van der Waals surface area contributed by atoms with Crippen molar-refractivity contribution in [3.05, 3.63) is 158 Å². The van der Waals surface area contributed by atoms with E-state index in [-0.39, 0.29) is 5.56 Å². The molecule has 3 N–H and O–H groups in total. The van der Waals surface area contributed by atoms with Crippen molar-refractivity contribution in [1.29, 1.82) is 0 Å². The van der Waals surface area contributed by atoms with Gasteiger partial charge < -0.3 is 25.3 Å². The van der Waals surface area contributed by atoms with Crippen LogP contribution in [0.4, 0.5) is 24.5 Å². The number of hydrogen-bond donors (Lipinski definition) is 2. The Balaban J connectivity index is 0.000000165. The number of aryl methyl sites for hydroxylation is 3. The summed E-state index contributed by atoms with van der Waals surface area (Å²) in [5.41, 5.74) is 11.8. The van der Waals surface area contributed by atoms with Crippen LogP contribution < -0.4 is 25.3 Å². The van der Waals surface area contributed by atoms with E-state index >= 15 is 0 Å². The van der Waals surface area contributed by atoms with Gasteiger partial charge in [-0.25, -0.2) is 29.9 Å². The van der Waals surface area contributed by atoms with Gasteiger partial charge in [-0.2, -0.15) is 15.3 Å². The summed E-state index contributed by atoms with van der Waals surface area (Å²) >= 11 is 5.72. The fourth-order valence-corrected chi connectivity index (χ4v) is 5.87. The molecule has 9 rings (SSSR count). The number of nitrogens with zero attached hydrogens (tertiary/aromatic N) is 12. The number of anilines is 2. The molecule has 18 nitrogen and oxygen atoms in total. The molecule has 0 fully saturated rings. The first-order chi connectivity index (χ1) is 31.7. The number of rotatable bonds is 10. The van der Waals surface area contributed by atoms with Crippen LogP contribution in [0.5, 0.6) is 29.0 Å². The van der Waals surface area contributed by atoms with Crippen LogP contribution in [-0.2, 0) is 21.1 Å². The van der Waals surface area contributed by atoms with Crippen LogP contribution in [0.3, 0.4) is 0 Å². The van der Waals surface area contributed by atoms with Crippen LogP contribution in [0, 0.1) is 0 Å². The van der Waals surface area contributed by atoms with Crippen molar-refractivity contribution in [2.75, 3.05) is 11.1 Å². The molecule has 0 aliphatic heterocycles. The second kappa shape index (κ2) is 20.6. The monoisotopic (exact) mass is 916 g/mol. The lowest BCUT2D eigenvalue weighted by Crippen LogP contribution is -2.17. The molecular formula is C44H36ClF3N14O4. The zero-order valence-electron chi connectivity index (χ0n) is 34.9. The van der Waals surface area contributed by atoms with Crippen LogP contribution in [0.25, 0.3) is 33.8 Å². The molecule has 334 valence electrons. The van der Waals surface area contributed by atoms with E-state index in [9.17, 15) is 18.0 Å². The summed E-state index contributed by atoms with van der Waals surface area (Å²) in [5, 5.41) is 15.4. The van der Waals surface area contributed by atoms with Gasteiger partial charge >= 0.3 is 6.36 Å². The number of ether oxygens (including phenoxy) is 3. The van der Waals surface area contributed by atoms with Crippen molar-refractivity contribution >= 4 is 28.9 Å². The molecule has 66 heavy (non-hydrogen) atoms. The van der Waals surface area contributed by atoms with Gasteiger partial charge in [-0.3, -0.25) is 18.8 Å². The van der Waals surface area contributed by atoms with Gasteiger partial charge in [0.2, 0.25) is 11.8 Å². The standard InChI is InChI=1S/C22H16F3N5O3.C14H13N5O.C8H7ClN4/c1-30-12-15(11-28-30)19-10-20(27-13-26-19)32-18-4-2-3-16(9-18)29-21(31)14-5-7-17(8-6-14)33-22(23,24)25;1-19-8-10(7-18-19)13-6-14(17-9-16-13)20-12-4-2-3-11(15)5-12;1-13-4-6(3-12-13)7-2-8(9)11-5-10-7/h2-13H,1H3,(H,29,31);2-9H,15H2,1H3;2-5H,1H3. The molecule has 0 spiro atoms. The zero-order chi connectivity index (χ0) is 46.6. The third-order valence-corrected chi connectivity index (χ3v) is 8.87. The molecule has 9 aromatic rings. The molecule has 6 aromatic heterocycles. The minimum Gasteiger partial charge on any atom is -0.439 e. The van der Waals surface area contributed by atoms with Crippen LogP contribution in [0.2, 0.25) is 5.15 Å². The first-order valence-corrected chi connectivity index (χ1v) is 19.7. The second-order valence-corrected chi connectivity index (χ2v) is 14.1. The lowest BCUT2D eigenvalue weighted by atomic mass is 10.2. The van der Waals surface area contributed by atoms with Gasteiger partial charge in [0, 0.05) is 104 Å². The summed E-state index contributed by atoms with van der Waals surface area (Å²) in [4.78, 5) is 36.9. The number of hydrogen-bond acceptors (Lipinski definition) is 14. The van der Waals surface area contributed by atoms with E-state index in [1.807, 2.05) is 44.8 Å². The number of nitrogens with two attached hydrogens (primary N) is 1. The number of alkyl halides is 3. The number of amides is 1. The van der Waals surface area contributed by atoms with Gasteiger partial charge in [0.05, 0.1) is 35.7 Å². The predicted molar refractivity (Wildman–Crippen MR) is 236 cm³/mol. The first-order valence-electron chi connectivity index (χ1n) is 19.3. The van der Waals surface area contributed by atoms with E-state index in [0.29, 0.717) is 45.5 Å². The molecule has 22 heteroatoms. The van der Waals surface area contributed by atoms with Gasteiger partial charge in [0.15, 0.2) is 0 Å². The highest BCUT2D eigenvalue weighted by Crippen LogP contribution is 2.28. The van der Waals surface area contributed by atoms with Gasteiger partial charge in [0.25, 0.3) is 5.91 Å². The van der Waals surface area contributed by atoms with Crippen LogP contribution in [0.1, 0.15) is 10.4 Å². The van der Waals surface area contributed by atoms with E-state index in [0.717, 1.165) is 40.2 Å². The van der Waals surface area contributed by atoms with Gasteiger partial charge in [-0.05, 0) is 48.5 Å². The van der Waals surface area contributed by atoms with Crippen molar-refractivity contribution in [3.8, 4) is 62.8 Å². The van der Waals surface area contributed by atoms with Gasteiger partial charge in [-0.15, -0.1) is 13.2 Å². The smallest absolute Gasteiger partial charge is 0.439 e. The summed E-state index contributed by atoms with van der Waals surface area (Å²) in [6.45, 7) is 0. The van der Waals surface area contributed by atoms with Crippen LogP contribution >= 0.6 is 11.6 Å². The molecule has 0 saturated heterocycles. The third kappa shape index (κ3) is 13.2. The fourth-order valence-electron chi connectivity index (χ4n) is 5.73. The number of carbonyl (C=O) groups excluding carboxylic acids is 1. The Labute approximate surface area is 378 Å². The summed E-state index contributed by atoms with van der Waals surface area (Å²) in [5.74, 6) is 0.895. The fraction of sp³-hybridized carbons (Fsp3) is 0.0909. The Kier molecular flexibility index (Phi) is 14.2. The first kappa shape index (κ1) is 45.3. The minimum atomic E-state index is -4.80. The Morgan fingerprint density at radius 2 is 1.09 bits per heavy atom. The highest BCUT2D eigenvalue weighted by molar-refractivity contribution is 6.29. The third-order valence-electron chi connectivity index (χ3n) is 8.66. The largest absolute Gasteiger partial charge is 0.573 e.